The van der Waals surface area contributed by atoms with Gasteiger partial charge in [0.05, 0.1) is 0 Å². The van der Waals surface area contributed by atoms with Crippen LogP contribution in [-0.2, 0) is 0 Å². The predicted molar refractivity (Wildman–Crippen MR) is 76.5 cm³/mol. The average molecular weight is 454 g/mol. The number of allylic oxidation sites excluding steroid dienone is 2. The van der Waals surface area contributed by atoms with E-state index in [1.165, 1.54) is 5.92 Å². The topological polar surface area (TPSA) is 0 Å². The van der Waals surface area contributed by atoms with Crippen LogP contribution in [0, 0.1) is 12.3 Å². The minimum atomic E-state index is -7.91. The molecule has 0 aliphatic rings. The van der Waals surface area contributed by atoms with E-state index in [9.17, 15) is 57.1 Å². The van der Waals surface area contributed by atoms with Crippen molar-refractivity contribution in [1.82, 2.24) is 0 Å². The molecule has 0 saturated carbocycles. The lowest BCUT2D eigenvalue weighted by molar-refractivity contribution is -0.436. The van der Waals surface area contributed by atoms with Gasteiger partial charge in [-0.3, -0.25) is 0 Å². The Morgan fingerprint density at radius 3 is 1.52 bits per heavy atom. The number of rotatable bonds is 10. The molecule has 0 atom stereocenters. The van der Waals surface area contributed by atoms with Crippen LogP contribution in [0.3, 0.4) is 0 Å². The van der Waals surface area contributed by atoms with E-state index in [0.717, 1.165) is 0 Å². The van der Waals surface area contributed by atoms with Gasteiger partial charge in [0.1, 0.15) is 0 Å². The van der Waals surface area contributed by atoms with E-state index in [-0.39, 0.29) is 6.42 Å². The van der Waals surface area contributed by atoms with Crippen LogP contribution in [0.15, 0.2) is 11.6 Å². The Kier molecular flexibility index (Phi) is 8.15. The molecule has 0 bridgehead atoms. The van der Waals surface area contributed by atoms with Crippen LogP contribution < -0.4 is 0 Å². The quantitative estimate of drug-likeness (QED) is 0.185. The van der Waals surface area contributed by atoms with Gasteiger partial charge in [-0.05, 0) is 12.8 Å². The maximum atomic E-state index is 13.7. The molecule has 170 valence electrons. The van der Waals surface area contributed by atoms with Crippen molar-refractivity contribution in [3.8, 4) is 12.3 Å². The van der Waals surface area contributed by atoms with Gasteiger partial charge in [0.2, 0.25) is 0 Å². The highest BCUT2D eigenvalue weighted by Crippen LogP contribution is 2.60. The molecule has 0 spiro atoms. The van der Waals surface area contributed by atoms with E-state index < -0.39 is 53.9 Å². The fraction of sp³-hybridized carbons (Fsp3) is 0.750. The molecule has 0 N–H and O–H groups in total. The fourth-order valence-electron chi connectivity index (χ4n) is 2.02. The second kappa shape index (κ2) is 8.63. The highest BCUT2D eigenvalue weighted by atomic mass is 19.4. The summed E-state index contributed by atoms with van der Waals surface area (Å²) in [6.07, 6.45) is -2.64. The summed E-state index contributed by atoms with van der Waals surface area (Å²) in [4.78, 5) is 0. The second-order valence-electron chi connectivity index (χ2n) is 6.04. The van der Waals surface area contributed by atoms with Gasteiger partial charge in [0.15, 0.2) is 0 Å². The first kappa shape index (κ1) is 27.4. The van der Waals surface area contributed by atoms with E-state index in [1.807, 2.05) is 0 Å². The van der Waals surface area contributed by atoms with Crippen molar-refractivity contribution in [2.24, 2.45) is 0 Å². The van der Waals surface area contributed by atoms with Crippen molar-refractivity contribution in [1.29, 1.82) is 0 Å². The minimum absolute atomic E-state index is 0.0181. The Labute approximate surface area is 157 Å². The van der Waals surface area contributed by atoms with Crippen LogP contribution in [-0.4, -0.2) is 35.8 Å². The smallest absolute Gasteiger partial charge is 0.195 e. The van der Waals surface area contributed by atoms with Gasteiger partial charge in [-0.25, -0.2) is 0 Å². The first-order valence-electron chi connectivity index (χ1n) is 7.88. The lowest BCUT2D eigenvalue weighted by Gasteiger charge is -2.39. The van der Waals surface area contributed by atoms with Crippen molar-refractivity contribution in [2.45, 2.75) is 74.8 Å². The van der Waals surface area contributed by atoms with E-state index >= 15 is 0 Å². The van der Waals surface area contributed by atoms with Crippen molar-refractivity contribution in [3.05, 3.63) is 11.6 Å². The maximum absolute atomic E-state index is 13.7. The van der Waals surface area contributed by atoms with Crippen molar-refractivity contribution < 1.29 is 57.1 Å². The summed E-state index contributed by atoms with van der Waals surface area (Å²) in [6, 6.07) is 0. The summed E-state index contributed by atoms with van der Waals surface area (Å²) in [7, 11) is 0. The molecule has 0 unspecified atom stereocenters. The van der Waals surface area contributed by atoms with Gasteiger partial charge in [0.25, 0.3) is 0 Å². The minimum Gasteiger partial charge on any atom is -0.195 e. The third kappa shape index (κ3) is 4.94. The number of alkyl halides is 13. The zero-order valence-corrected chi connectivity index (χ0v) is 14.6. The SMILES string of the molecule is C#C/C(=C/C(F)(F)C(F)(F)C(F)(F)C(F)(F)C(F)(F)C(F)(F)F)CCCCCC. The zero-order chi connectivity index (χ0) is 23.5. The van der Waals surface area contributed by atoms with Crippen molar-refractivity contribution in [2.75, 3.05) is 0 Å². The Morgan fingerprint density at radius 2 is 1.14 bits per heavy atom. The lowest BCUT2D eigenvalue weighted by atomic mass is 9.92. The monoisotopic (exact) mass is 454 g/mol. The Hall–Kier alpha value is -1.61. The van der Waals surface area contributed by atoms with Crippen molar-refractivity contribution in [3.63, 3.8) is 0 Å². The molecular weight excluding hydrogens is 439 g/mol. The van der Waals surface area contributed by atoms with E-state index in [0.29, 0.717) is 19.3 Å². The van der Waals surface area contributed by atoms with Crippen LogP contribution in [0.5, 0.6) is 0 Å². The van der Waals surface area contributed by atoms with Gasteiger partial charge >= 0.3 is 35.8 Å². The average Bonchev–Trinajstić information content (AvgIpc) is 2.55. The summed E-state index contributed by atoms with van der Waals surface area (Å²) >= 11 is 0. The van der Waals surface area contributed by atoms with Crippen LogP contribution in [0.25, 0.3) is 0 Å². The van der Waals surface area contributed by atoms with E-state index in [1.54, 1.807) is 6.92 Å². The first-order chi connectivity index (χ1) is 12.7. The molecule has 0 aromatic carbocycles. The zero-order valence-electron chi connectivity index (χ0n) is 14.6. The first-order valence-corrected chi connectivity index (χ1v) is 7.88. The van der Waals surface area contributed by atoms with E-state index in [2.05, 4.69) is 0 Å². The number of halogens is 13. The molecule has 0 saturated heterocycles. The molecule has 0 rings (SSSR count). The van der Waals surface area contributed by atoms with Crippen LogP contribution in [0.2, 0.25) is 0 Å². The van der Waals surface area contributed by atoms with Crippen LogP contribution >= 0.6 is 0 Å². The normalized spacial score (nSPS) is 15.4. The molecule has 0 aliphatic carbocycles. The van der Waals surface area contributed by atoms with Gasteiger partial charge < -0.3 is 0 Å². The second-order valence-corrected chi connectivity index (χ2v) is 6.04. The standard InChI is InChI=1S/C16H15F13/c1-3-5-6-7-8-10(4-2)9-11(17,18)12(19,20)13(21,22)14(23,24)15(25,26)16(27,28)29/h2,9H,3,5-8H2,1H3/b10-9-. The highest BCUT2D eigenvalue weighted by molar-refractivity contribution is 5.29. The highest BCUT2D eigenvalue weighted by Gasteiger charge is 2.90. The summed E-state index contributed by atoms with van der Waals surface area (Å²) in [5.74, 6) is -35.6. The fourth-order valence-corrected chi connectivity index (χ4v) is 2.02. The molecule has 0 fully saturated rings. The van der Waals surface area contributed by atoms with E-state index in [4.69, 9.17) is 6.42 Å². The molecular formula is C16H15F13. The lowest BCUT2D eigenvalue weighted by Crippen LogP contribution is -2.69. The Bertz CT molecular complexity index is 620. The molecule has 0 radical (unpaired) electrons. The maximum Gasteiger partial charge on any atom is 0.460 e. The predicted octanol–water partition coefficient (Wildman–Crippen LogP) is 7.26. The number of hydrogen-bond acceptors (Lipinski definition) is 0. The van der Waals surface area contributed by atoms with Gasteiger partial charge in [-0.2, -0.15) is 57.1 Å². The number of terminal acetylenes is 1. The van der Waals surface area contributed by atoms with Gasteiger partial charge in [0, 0.05) is 11.6 Å². The number of unbranched alkanes of at least 4 members (excludes halogenated alkanes) is 3. The molecule has 0 nitrogen and oxygen atoms in total. The summed E-state index contributed by atoms with van der Waals surface area (Å²) in [5, 5.41) is 0. The summed E-state index contributed by atoms with van der Waals surface area (Å²) in [5.41, 5.74) is -1.03. The third-order valence-corrected chi connectivity index (χ3v) is 3.80. The summed E-state index contributed by atoms with van der Waals surface area (Å²) in [6.45, 7) is 1.74. The molecule has 29 heavy (non-hydrogen) atoms. The van der Waals surface area contributed by atoms with Crippen molar-refractivity contribution >= 4 is 0 Å². The Morgan fingerprint density at radius 1 is 0.690 bits per heavy atom. The third-order valence-electron chi connectivity index (χ3n) is 3.80. The molecule has 0 aromatic heterocycles. The molecule has 0 heterocycles. The van der Waals surface area contributed by atoms with Gasteiger partial charge in [-0.15, -0.1) is 6.42 Å². The van der Waals surface area contributed by atoms with Gasteiger partial charge in [-0.1, -0.05) is 32.1 Å². The van der Waals surface area contributed by atoms with Crippen LogP contribution in [0.1, 0.15) is 39.0 Å². The van der Waals surface area contributed by atoms with Crippen LogP contribution in [0.4, 0.5) is 57.1 Å². The summed E-state index contributed by atoms with van der Waals surface area (Å²) < 4.78 is 169. The molecule has 0 amide bonds. The molecule has 13 heteroatoms. The number of hydrogen-bond donors (Lipinski definition) is 0. The molecule has 0 aliphatic heterocycles. The molecule has 0 aromatic rings. The Balaban J connectivity index is 6.10. The largest absolute Gasteiger partial charge is 0.460 e.